The summed E-state index contributed by atoms with van der Waals surface area (Å²) >= 11 is 0. The lowest BCUT2D eigenvalue weighted by atomic mass is 10.1. The molecule has 2 rings (SSSR count). The predicted octanol–water partition coefficient (Wildman–Crippen LogP) is 2.02. The maximum absolute atomic E-state index is 9.53. The first kappa shape index (κ1) is 11.6. The summed E-state index contributed by atoms with van der Waals surface area (Å²) in [5.41, 5.74) is 8.29. The third-order valence-corrected chi connectivity index (χ3v) is 4.49. The predicted molar refractivity (Wildman–Crippen MR) is 70.1 cm³/mol. The molecule has 1 aliphatic heterocycles. The van der Waals surface area contributed by atoms with Crippen LogP contribution >= 0.6 is 10.6 Å². The van der Waals surface area contributed by atoms with Crippen molar-refractivity contribution in [1.82, 2.24) is 0 Å². The average molecular weight is 241 g/mol. The first-order valence-electron chi connectivity index (χ1n) is 5.18. The number of hydrogen-bond acceptors (Lipinski definition) is 4. The highest BCUT2D eigenvalue weighted by Gasteiger charge is 2.22. The van der Waals surface area contributed by atoms with Gasteiger partial charge in [0.2, 0.25) is 0 Å². The van der Waals surface area contributed by atoms with Crippen molar-refractivity contribution in [2.75, 3.05) is 35.2 Å². The number of rotatable bonds is 1. The molecule has 0 amide bonds. The second-order valence-electron chi connectivity index (χ2n) is 4.09. The van der Waals surface area contributed by atoms with E-state index in [9.17, 15) is 9.11 Å². The minimum atomic E-state index is -2.33. The zero-order chi connectivity index (χ0) is 11.8. The van der Waals surface area contributed by atoms with Gasteiger partial charge in [0.05, 0.1) is 11.5 Å². The van der Waals surface area contributed by atoms with Crippen molar-refractivity contribution in [2.24, 2.45) is 0 Å². The smallest absolute Gasteiger partial charge is 0.0550 e. The lowest BCUT2D eigenvalue weighted by Gasteiger charge is -2.42. The van der Waals surface area contributed by atoms with Crippen LogP contribution in [0.5, 0.6) is 0 Å². The summed E-state index contributed by atoms with van der Waals surface area (Å²) in [6.45, 7) is 5.28. The Labute approximate surface area is 97.4 Å². The van der Waals surface area contributed by atoms with E-state index in [0.717, 1.165) is 11.3 Å². The van der Waals surface area contributed by atoms with Gasteiger partial charge in [-0.2, -0.15) is 10.6 Å². The highest BCUT2D eigenvalue weighted by Crippen LogP contribution is 2.41. The van der Waals surface area contributed by atoms with Gasteiger partial charge in [0.15, 0.2) is 0 Å². The summed E-state index contributed by atoms with van der Waals surface area (Å²) < 4.78 is 19.1. The zero-order valence-corrected chi connectivity index (χ0v) is 9.91. The largest absolute Gasteiger partial charge is 0.399 e. The monoisotopic (exact) mass is 241 g/mol. The molecule has 0 aliphatic carbocycles. The average Bonchev–Trinajstić information content (AvgIpc) is 2.19. The summed E-state index contributed by atoms with van der Waals surface area (Å²) in [6, 6.07) is 5.62. The Morgan fingerprint density at radius 1 is 1.25 bits per heavy atom. The molecule has 4 N–H and O–H groups in total. The van der Waals surface area contributed by atoms with Gasteiger partial charge in [-0.05, 0) is 30.7 Å². The molecule has 1 heterocycles. The van der Waals surface area contributed by atoms with Crippen LogP contribution in [0.4, 0.5) is 11.4 Å². The van der Waals surface area contributed by atoms with Gasteiger partial charge < -0.3 is 10.6 Å². The lowest BCUT2D eigenvalue weighted by molar-refractivity contribution is 0.479. The van der Waals surface area contributed by atoms with Gasteiger partial charge in [0.1, 0.15) is 0 Å². The highest BCUT2D eigenvalue weighted by atomic mass is 32.3. The van der Waals surface area contributed by atoms with Gasteiger partial charge >= 0.3 is 0 Å². The van der Waals surface area contributed by atoms with Crippen LogP contribution in [0.3, 0.4) is 0 Å². The topological polar surface area (TPSA) is 69.7 Å². The van der Waals surface area contributed by atoms with E-state index >= 15 is 0 Å². The summed E-state index contributed by atoms with van der Waals surface area (Å²) in [4.78, 5) is 2.12. The Balaban J connectivity index is 2.14. The maximum atomic E-state index is 9.53. The molecule has 0 bridgehead atoms. The number of nitrogen functional groups attached to an aromatic ring is 1. The van der Waals surface area contributed by atoms with E-state index in [-0.39, 0.29) is 0 Å². The van der Waals surface area contributed by atoms with Gasteiger partial charge in [-0.25, -0.2) is 0 Å². The molecule has 89 valence electrons. The lowest BCUT2D eigenvalue weighted by Crippen LogP contribution is -2.38. The molecule has 0 unspecified atom stereocenters. The van der Waals surface area contributed by atoms with E-state index in [0.29, 0.717) is 30.3 Å². The van der Waals surface area contributed by atoms with Crippen molar-refractivity contribution < 1.29 is 9.11 Å². The Bertz CT molecular complexity index is 386. The zero-order valence-electron chi connectivity index (χ0n) is 9.09. The molecule has 5 heteroatoms. The van der Waals surface area contributed by atoms with E-state index < -0.39 is 10.6 Å². The van der Waals surface area contributed by atoms with Crippen molar-refractivity contribution in [3.05, 3.63) is 30.7 Å². The fraction of sp³-hybridized carbons (Fsp3) is 0.364. The van der Waals surface area contributed by atoms with Crippen LogP contribution in [0.1, 0.15) is 5.56 Å². The minimum Gasteiger partial charge on any atom is -0.399 e. The summed E-state index contributed by atoms with van der Waals surface area (Å²) in [6.07, 6.45) is 0. The minimum absolute atomic E-state index is 0.441. The number of anilines is 2. The van der Waals surface area contributed by atoms with E-state index in [2.05, 4.69) is 11.8 Å². The Hall–Kier alpha value is -0.910. The van der Waals surface area contributed by atoms with Crippen LogP contribution in [-0.4, -0.2) is 33.7 Å². The number of benzene rings is 1. The Kier molecular flexibility index (Phi) is 3.01. The SMILES string of the molecule is [CH2]c1cc(N)ccc1N1CCS(O)(O)CC1. The van der Waals surface area contributed by atoms with E-state index in [1.165, 1.54) is 0 Å². The number of hydrogen-bond donors (Lipinski definition) is 3. The molecular weight excluding hydrogens is 224 g/mol. The van der Waals surface area contributed by atoms with Gasteiger partial charge in [0.25, 0.3) is 0 Å². The van der Waals surface area contributed by atoms with E-state index in [1.807, 2.05) is 18.2 Å². The van der Waals surface area contributed by atoms with Crippen LogP contribution in [0, 0.1) is 6.92 Å². The van der Waals surface area contributed by atoms with Crippen molar-refractivity contribution >= 4 is 22.0 Å². The molecule has 1 fully saturated rings. The fourth-order valence-electron chi connectivity index (χ4n) is 1.88. The van der Waals surface area contributed by atoms with Crippen molar-refractivity contribution in [1.29, 1.82) is 0 Å². The third-order valence-electron chi connectivity index (χ3n) is 2.82. The van der Waals surface area contributed by atoms with Gasteiger partial charge in [-0.15, -0.1) is 0 Å². The molecule has 1 radical (unpaired) electrons. The van der Waals surface area contributed by atoms with Gasteiger partial charge in [0, 0.05) is 24.5 Å². The first-order valence-corrected chi connectivity index (χ1v) is 7.06. The summed E-state index contributed by atoms with van der Waals surface area (Å²) in [5.74, 6) is 0.883. The third kappa shape index (κ3) is 2.42. The molecule has 0 atom stereocenters. The molecule has 1 saturated heterocycles. The summed E-state index contributed by atoms with van der Waals surface area (Å²) in [7, 11) is -2.33. The Morgan fingerprint density at radius 2 is 1.88 bits per heavy atom. The number of nitrogens with zero attached hydrogens (tertiary/aromatic N) is 1. The van der Waals surface area contributed by atoms with Crippen LogP contribution in [-0.2, 0) is 0 Å². The van der Waals surface area contributed by atoms with Crippen LogP contribution in [0.2, 0.25) is 0 Å². The quantitative estimate of drug-likeness (QED) is 0.658. The van der Waals surface area contributed by atoms with Crippen LogP contribution < -0.4 is 10.6 Å². The standard InChI is InChI=1S/C11H17N2O2S/c1-9-8-10(12)2-3-11(9)13-4-6-16(14,15)7-5-13/h2-3,8,14-15H,1,4-7,12H2. The molecule has 0 spiro atoms. The first-order chi connectivity index (χ1) is 7.48. The normalized spacial score (nSPS) is 21.8. The molecule has 1 aromatic carbocycles. The Morgan fingerprint density at radius 3 is 2.44 bits per heavy atom. The van der Waals surface area contributed by atoms with Gasteiger partial charge in [-0.1, -0.05) is 0 Å². The molecule has 4 nitrogen and oxygen atoms in total. The van der Waals surface area contributed by atoms with Gasteiger partial charge in [-0.3, -0.25) is 9.11 Å². The van der Waals surface area contributed by atoms with Crippen LogP contribution in [0.15, 0.2) is 18.2 Å². The van der Waals surface area contributed by atoms with Crippen LogP contribution in [0.25, 0.3) is 0 Å². The highest BCUT2D eigenvalue weighted by molar-refractivity contribution is 8.24. The molecule has 1 aliphatic rings. The van der Waals surface area contributed by atoms with E-state index in [1.54, 1.807) is 0 Å². The molecule has 0 aromatic heterocycles. The molecule has 16 heavy (non-hydrogen) atoms. The van der Waals surface area contributed by atoms with Crippen molar-refractivity contribution in [3.8, 4) is 0 Å². The fourth-order valence-corrected chi connectivity index (χ4v) is 3.11. The second kappa shape index (κ2) is 4.16. The van der Waals surface area contributed by atoms with Crippen molar-refractivity contribution in [2.45, 2.75) is 0 Å². The second-order valence-corrected chi connectivity index (χ2v) is 6.51. The summed E-state index contributed by atoms with van der Waals surface area (Å²) in [5, 5.41) is 0. The van der Waals surface area contributed by atoms with E-state index in [4.69, 9.17) is 5.73 Å². The molecular formula is C11H17N2O2S. The number of nitrogens with two attached hydrogens (primary N) is 1. The van der Waals surface area contributed by atoms with Crippen molar-refractivity contribution in [3.63, 3.8) is 0 Å². The molecule has 1 aromatic rings. The molecule has 0 saturated carbocycles. The maximum Gasteiger partial charge on any atom is 0.0550 e.